The van der Waals surface area contributed by atoms with Gasteiger partial charge in [-0.05, 0) is 38.4 Å². The van der Waals surface area contributed by atoms with Crippen molar-refractivity contribution in [3.63, 3.8) is 0 Å². The lowest BCUT2D eigenvalue weighted by atomic mass is 10.0. The molecule has 5 heteroatoms. The van der Waals surface area contributed by atoms with Crippen molar-refractivity contribution < 1.29 is 4.79 Å². The largest absolute Gasteiger partial charge is 0.366 e. The Morgan fingerprint density at radius 1 is 1.33 bits per heavy atom. The Balaban J connectivity index is 1.62. The van der Waals surface area contributed by atoms with E-state index >= 15 is 0 Å². The minimum Gasteiger partial charge on any atom is -0.366 e. The summed E-state index contributed by atoms with van der Waals surface area (Å²) in [6, 6.07) is 6.87. The van der Waals surface area contributed by atoms with E-state index in [2.05, 4.69) is 34.2 Å². The average Bonchev–Trinajstić information content (AvgIpc) is 3.02. The van der Waals surface area contributed by atoms with Gasteiger partial charge in [0.2, 0.25) is 5.91 Å². The van der Waals surface area contributed by atoms with Crippen LogP contribution in [0.4, 0.5) is 11.4 Å². The topological polar surface area (TPSA) is 61.6 Å². The second-order valence-corrected chi connectivity index (χ2v) is 6.53. The molecule has 0 aromatic heterocycles. The van der Waals surface area contributed by atoms with E-state index < -0.39 is 6.04 Å². The lowest BCUT2D eigenvalue weighted by molar-refractivity contribution is -0.116. The van der Waals surface area contributed by atoms with Crippen LogP contribution in [0.5, 0.6) is 0 Å². The number of hydrogen-bond acceptors (Lipinski definition) is 4. The van der Waals surface area contributed by atoms with Crippen LogP contribution in [0.1, 0.15) is 31.4 Å². The van der Waals surface area contributed by atoms with Crippen LogP contribution in [-0.2, 0) is 4.79 Å². The van der Waals surface area contributed by atoms with Crippen LogP contribution in [0, 0.1) is 0 Å². The molecule has 1 aromatic rings. The number of carbonyl (C=O) groups excluding carboxylic acids is 1. The predicted octanol–water partition coefficient (Wildman–Crippen LogP) is 1.31. The summed E-state index contributed by atoms with van der Waals surface area (Å²) in [5.41, 5.74) is 8.87. The zero-order valence-corrected chi connectivity index (χ0v) is 12.4. The summed E-state index contributed by atoms with van der Waals surface area (Å²) in [6.45, 7) is 5.75. The summed E-state index contributed by atoms with van der Waals surface area (Å²) in [4.78, 5) is 16.8. The van der Waals surface area contributed by atoms with Crippen LogP contribution < -0.4 is 16.0 Å². The Morgan fingerprint density at radius 3 is 3.05 bits per heavy atom. The predicted molar refractivity (Wildman–Crippen MR) is 83.4 cm³/mol. The quantitative estimate of drug-likeness (QED) is 0.817. The fourth-order valence-corrected chi connectivity index (χ4v) is 4.00. The molecule has 0 bridgehead atoms. The first-order valence-electron chi connectivity index (χ1n) is 7.84. The number of anilines is 2. The number of hydrogen-bond donors (Lipinski definition) is 2. The van der Waals surface area contributed by atoms with Crippen LogP contribution in [0.15, 0.2) is 18.2 Å². The minimum absolute atomic E-state index is 0.101. The van der Waals surface area contributed by atoms with Gasteiger partial charge in [-0.1, -0.05) is 6.07 Å². The zero-order valence-electron chi connectivity index (χ0n) is 12.4. The Hall–Kier alpha value is -1.59. The molecule has 4 rings (SSSR count). The summed E-state index contributed by atoms with van der Waals surface area (Å²) < 4.78 is 0. The Kier molecular flexibility index (Phi) is 2.94. The van der Waals surface area contributed by atoms with E-state index in [9.17, 15) is 4.79 Å². The highest BCUT2D eigenvalue weighted by Crippen LogP contribution is 2.35. The van der Waals surface area contributed by atoms with Crippen molar-refractivity contribution in [1.82, 2.24) is 4.90 Å². The SMILES string of the molecule is CC1CN2CCCC2CN1c1ccc2c(c1)NC(=O)C2N. The van der Waals surface area contributed by atoms with Crippen LogP contribution >= 0.6 is 0 Å². The first-order chi connectivity index (χ1) is 10.1. The highest BCUT2D eigenvalue weighted by molar-refractivity contribution is 6.03. The molecule has 5 nitrogen and oxygen atoms in total. The van der Waals surface area contributed by atoms with Gasteiger partial charge in [0, 0.05) is 42.1 Å². The van der Waals surface area contributed by atoms with E-state index in [1.807, 2.05) is 6.07 Å². The standard InChI is InChI=1S/C16H22N4O/c1-10-8-19-6-2-3-12(19)9-20(10)11-4-5-13-14(7-11)18-16(21)15(13)17/h4-5,7,10,12,15H,2-3,6,8-9,17H2,1H3,(H,18,21). The molecule has 3 aliphatic rings. The van der Waals surface area contributed by atoms with Crippen molar-refractivity contribution in [3.8, 4) is 0 Å². The summed E-state index contributed by atoms with van der Waals surface area (Å²) in [6.07, 6.45) is 2.62. The van der Waals surface area contributed by atoms with Gasteiger partial charge < -0.3 is 16.0 Å². The summed E-state index contributed by atoms with van der Waals surface area (Å²) in [7, 11) is 0. The molecule has 3 heterocycles. The molecule has 1 amide bonds. The van der Waals surface area contributed by atoms with Gasteiger partial charge in [0.25, 0.3) is 0 Å². The highest BCUT2D eigenvalue weighted by Gasteiger charge is 2.35. The molecule has 3 N–H and O–H groups in total. The molecule has 3 atom stereocenters. The molecule has 0 spiro atoms. The fourth-order valence-electron chi connectivity index (χ4n) is 4.00. The van der Waals surface area contributed by atoms with E-state index in [-0.39, 0.29) is 5.91 Å². The molecule has 0 saturated carbocycles. The maximum atomic E-state index is 11.7. The Labute approximate surface area is 125 Å². The smallest absolute Gasteiger partial charge is 0.245 e. The average molecular weight is 286 g/mol. The number of nitrogens with zero attached hydrogens (tertiary/aromatic N) is 2. The number of rotatable bonds is 1. The van der Waals surface area contributed by atoms with Gasteiger partial charge in [0.15, 0.2) is 0 Å². The number of nitrogens with two attached hydrogens (primary N) is 1. The molecule has 112 valence electrons. The maximum Gasteiger partial charge on any atom is 0.245 e. The number of benzene rings is 1. The molecule has 3 aliphatic heterocycles. The molecule has 21 heavy (non-hydrogen) atoms. The van der Waals surface area contributed by atoms with Crippen molar-refractivity contribution in [2.75, 3.05) is 29.9 Å². The number of fused-ring (bicyclic) bond motifs is 2. The monoisotopic (exact) mass is 286 g/mol. The first kappa shape index (κ1) is 13.1. The molecule has 3 unspecified atom stereocenters. The van der Waals surface area contributed by atoms with Crippen LogP contribution in [0.3, 0.4) is 0 Å². The van der Waals surface area contributed by atoms with Gasteiger partial charge in [-0.25, -0.2) is 0 Å². The first-order valence-corrected chi connectivity index (χ1v) is 7.84. The lowest BCUT2D eigenvalue weighted by Gasteiger charge is -2.43. The van der Waals surface area contributed by atoms with Gasteiger partial charge in [0.05, 0.1) is 0 Å². The van der Waals surface area contributed by atoms with Crippen molar-refractivity contribution in [2.45, 2.75) is 37.9 Å². The van der Waals surface area contributed by atoms with Crippen LogP contribution in [0.25, 0.3) is 0 Å². The summed E-state index contributed by atoms with van der Waals surface area (Å²) in [5.74, 6) is -0.101. The molecule has 0 radical (unpaired) electrons. The molecule has 2 fully saturated rings. The Bertz CT molecular complexity index is 588. The van der Waals surface area contributed by atoms with Crippen molar-refractivity contribution in [1.29, 1.82) is 0 Å². The Morgan fingerprint density at radius 2 is 2.19 bits per heavy atom. The van der Waals surface area contributed by atoms with Crippen molar-refractivity contribution in [3.05, 3.63) is 23.8 Å². The number of amides is 1. The summed E-state index contributed by atoms with van der Waals surface area (Å²) >= 11 is 0. The van der Waals surface area contributed by atoms with E-state index in [4.69, 9.17) is 5.73 Å². The normalized spacial score (nSPS) is 32.0. The summed E-state index contributed by atoms with van der Waals surface area (Å²) in [5, 5.41) is 2.89. The molecule has 2 saturated heterocycles. The maximum absolute atomic E-state index is 11.7. The molecular weight excluding hydrogens is 264 g/mol. The van der Waals surface area contributed by atoms with Gasteiger partial charge in [-0.15, -0.1) is 0 Å². The van der Waals surface area contributed by atoms with Crippen molar-refractivity contribution >= 4 is 17.3 Å². The highest BCUT2D eigenvalue weighted by atomic mass is 16.2. The third-order valence-corrected chi connectivity index (χ3v) is 5.18. The molecular formula is C16H22N4O. The molecule has 1 aromatic carbocycles. The van der Waals surface area contributed by atoms with Gasteiger partial charge in [0.1, 0.15) is 6.04 Å². The fraction of sp³-hybridized carbons (Fsp3) is 0.562. The third-order valence-electron chi connectivity index (χ3n) is 5.18. The lowest BCUT2D eigenvalue weighted by Crippen LogP contribution is -2.55. The molecule has 0 aliphatic carbocycles. The second-order valence-electron chi connectivity index (χ2n) is 6.53. The van der Waals surface area contributed by atoms with Gasteiger partial charge >= 0.3 is 0 Å². The van der Waals surface area contributed by atoms with E-state index in [1.165, 1.54) is 25.1 Å². The zero-order chi connectivity index (χ0) is 14.6. The van der Waals surface area contributed by atoms with E-state index in [1.54, 1.807) is 0 Å². The van der Waals surface area contributed by atoms with Crippen LogP contribution in [-0.4, -0.2) is 42.5 Å². The number of nitrogens with one attached hydrogen (secondary N) is 1. The minimum atomic E-state index is -0.516. The van der Waals surface area contributed by atoms with Gasteiger partial charge in [-0.3, -0.25) is 9.69 Å². The van der Waals surface area contributed by atoms with Crippen molar-refractivity contribution in [2.24, 2.45) is 5.73 Å². The second kappa shape index (κ2) is 4.71. The third kappa shape index (κ3) is 2.03. The van der Waals surface area contributed by atoms with E-state index in [0.717, 1.165) is 24.3 Å². The number of piperazine rings is 1. The van der Waals surface area contributed by atoms with Gasteiger partial charge in [-0.2, -0.15) is 0 Å². The van der Waals surface area contributed by atoms with E-state index in [0.29, 0.717) is 12.1 Å². The number of carbonyl (C=O) groups is 1. The van der Waals surface area contributed by atoms with Crippen LogP contribution in [0.2, 0.25) is 0 Å².